The van der Waals surface area contributed by atoms with Crippen LogP contribution in [-0.2, 0) is 29.6 Å². The number of hydrogen-bond donors (Lipinski definition) is 0. The quantitative estimate of drug-likeness (QED) is 0.298. The van der Waals surface area contributed by atoms with Crippen LogP contribution in [0.25, 0.3) is 0 Å². The zero-order chi connectivity index (χ0) is 27.7. The lowest BCUT2D eigenvalue weighted by Gasteiger charge is -2.27. The number of benzene rings is 2. The van der Waals surface area contributed by atoms with Gasteiger partial charge in [-0.25, -0.2) is 0 Å². The SMILES string of the molecule is O=Cc1cccc(N(C(=O)C(=O)N(c2cccc(C=O)c2)S(=O)(=O)C(F)(F)F)S(=O)(=O)C(F)(F)F)c1. The maximum absolute atomic E-state index is 13.3. The Kier molecular flexibility index (Phi) is 7.65. The van der Waals surface area contributed by atoms with E-state index in [1.54, 1.807) is 0 Å². The summed E-state index contributed by atoms with van der Waals surface area (Å²) in [7, 11) is -13.8. The van der Waals surface area contributed by atoms with Crippen LogP contribution in [0.4, 0.5) is 37.7 Å². The number of aldehydes is 2. The van der Waals surface area contributed by atoms with Crippen molar-refractivity contribution in [3.8, 4) is 0 Å². The molecule has 0 aliphatic heterocycles. The predicted molar refractivity (Wildman–Crippen MR) is 109 cm³/mol. The molecule has 2 rings (SSSR count). The number of anilines is 2. The topological polar surface area (TPSA) is 143 Å². The number of amides is 2. The third kappa shape index (κ3) is 5.23. The van der Waals surface area contributed by atoms with Crippen molar-refractivity contribution in [3.63, 3.8) is 0 Å². The molecule has 0 unspecified atom stereocenters. The van der Waals surface area contributed by atoms with Gasteiger partial charge in [0, 0.05) is 11.1 Å². The second-order valence-electron chi connectivity index (χ2n) is 6.47. The molecule has 0 bridgehead atoms. The standard InChI is InChI=1S/C18H10F6N2O8S2/c19-17(20,21)35(31,32)25(13-5-1-3-11(7-13)9-27)15(29)16(30)26(36(33,34)18(22,23)24)14-6-2-4-12(8-14)10-28/h1-10H. The summed E-state index contributed by atoms with van der Waals surface area (Å²) in [6.07, 6.45) is -0.000943. The molecule has 2 aromatic rings. The van der Waals surface area contributed by atoms with E-state index in [0.29, 0.717) is 24.3 Å². The molecule has 0 saturated carbocycles. The summed E-state index contributed by atoms with van der Waals surface area (Å²) >= 11 is 0. The number of alkyl halides is 6. The van der Waals surface area contributed by atoms with E-state index >= 15 is 0 Å². The maximum Gasteiger partial charge on any atom is 0.517 e. The van der Waals surface area contributed by atoms with Crippen LogP contribution in [0.3, 0.4) is 0 Å². The summed E-state index contributed by atoms with van der Waals surface area (Å²) in [5.41, 5.74) is -16.3. The maximum atomic E-state index is 13.3. The fourth-order valence-corrected chi connectivity index (χ4v) is 4.35. The molecule has 0 saturated heterocycles. The molecule has 0 N–H and O–H groups in total. The molecule has 2 amide bonds. The van der Waals surface area contributed by atoms with Crippen molar-refractivity contribution in [1.29, 1.82) is 0 Å². The molecule has 0 radical (unpaired) electrons. The van der Waals surface area contributed by atoms with Crippen molar-refractivity contribution in [3.05, 3.63) is 59.7 Å². The van der Waals surface area contributed by atoms with Crippen molar-refractivity contribution in [2.45, 2.75) is 11.0 Å². The van der Waals surface area contributed by atoms with Crippen LogP contribution in [-0.4, -0.2) is 52.2 Å². The molecule has 36 heavy (non-hydrogen) atoms. The molecular weight excluding hydrogens is 550 g/mol. The summed E-state index contributed by atoms with van der Waals surface area (Å²) in [4.78, 5) is 47.4. The highest BCUT2D eigenvalue weighted by Crippen LogP contribution is 2.35. The second kappa shape index (κ2) is 9.69. The van der Waals surface area contributed by atoms with Crippen LogP contribution >= 0.6 is 0 Å². The van der Waals surface area contributed by atoms with Crippen molar-refractivity contribution in [2.75, 3.05) is 8.61 Å². The molecular formula is C18H10F6N2O8S2. The molecule has 0 atom stereocenters. The average Bonchev–Trinajstić information content (AvgIpc) is 2.77. The van der Waals surface area contributed by atoms with Gasteiger partial charge in [0.25, 0.3) is 0 Å². The first-order valence-electron chi connectivity index (χ1n) is 8.82. The second-order valence-corrected chi connectivity index (χ2v) is 10.0. The van der Waals surface area contributed by atoms with Crippen LogP contribution < -0.4 is 8.61 Å². The number of rotatable bonds is 6. The number of nitrogens with zero attached hydrogens (tertiary/aromatic N) is 2. The highest BCUT2D eigenvalue weighted by Gasteiger charge is 2.58. The zero-order valence-electron chi connectivity index (χ0n) is 17.0. The lowest BCUT2D eigenvalue weighted by molar-refractivity contribution is -0.135. The lowest BCUT2D eigenvalue weighted by atomic mass is 10.2. The Hall–Kier alpha value is -3.80. The minimum Gasteiger partial charge on any atom is -0.298 e. The monoisotopic (exact) mass is 560 g/mol. The molecule has 0 spiro atoms. The molecule has 2 aromatic carbocycles. The number of hydrogen-bond acceptors (Lipinski definition) is 8. The van der Waals surface area contributed by atoms with E-state index in [2.05, 4.69) is 0 Å². The molecule has 0 aliphatic carbocycles. The average molecular weight is 560 g/mol. The van der Waals surface area contributed by atoms with E-state index in [0.717, 1.165) is 24.3 Å². The molecule has 18 heteroatoms. The zero-order valence-corrected chi connectivity index (χ0v) is 18.7. The van der Waals surface area contributed by atoms with Gasteiger partial charge in [0.2, 0.25) is 0 Å². The molecule has 0 heterocycles. The van der Waals surface area contributed by atoms with Crippen LogP contribution in [0.2, 0.25) is 0 Å². The first-order chi connectivity index (χ1) is 16.4. The van der Waals surface area contributed by atoms with E-state index in [1.807, 2.05) is 0 Å². The third-order valence-electron chi connectivity index (χ3n) is 4.10. The predicted octanol–water partition coefficient (Wildman–Crippen LogP) is 2.38. The van der Waals surface area contributed by atoms with Gasteiger partial charge in [-0.3, -0.25) is 19.2 Å². The molecule has 0 aromatic heterocycles. The van der Waals surface area contributed by atoms with E-state index in [1.165, 1.54) is 0 Å². The van der Waals surface area contributed by atoms with Crippen molar-refractivity contribution < 1.29 is 62.4 Å². The number of halogens is 6. The van der Waals surface area contributed by atoms with E-state index in [4.69, 9.17) is 0 Å². The van der Waals surface area contributed by atoms with Crippen molar-refractivity contribution in [1.82, 2.24) is 0 Å². The lowest BCUT2D eigenvalue weighted by Crippen LogP contribution is -2.54. The van der Waals surface area contributed by atoms with Crippen LogP contribution in [0, 0.1) is 0 Å². The summed E-state index contributed by atoms with van der Waals surface area (Å²) in [5, 5.41) is 0. The van der Waals surface area contributed by atoms with Gasteiger partial charge in [0.05, 0.1) is 11.4 Å². The minimum atomic E-state index is -6.88. The van der Waals surface area contributed by atoms with Gasteiger partial charge < -0.3 is 0 Å². The number of sulfonamides is 2. The summed E-state index contributed by atoms with van der Waals surface area (Å²) in [5.74, 6) is -5.81. The first-order valence-corrected chi connectivity index (χ1v) is 11.7. The van der Waals surface area contributed by atoms with E-state index < -0.39 is 74.0 Å². The molecule has 10 nitrogen and oxygen atoms in total. The van der Waals surface area contributed by atoms with Gasteiger partial charge in [0.15, 0.2) is 0 Å². The van der Waals surface area contributed by atoms with E-state index in [-0.39, 0.29) is 12.6 Å². The molecule has 194 valence electrons. The van der Waals surface area contributed by atoms with Gasteiger partial charge in [-0.15, -0.1) is 0 Å². The Labute approximate surface area is 197 Å². The first kappa shape index (κ1) is 28.4. The fraction of sp³-hybridized carbons (Fsp3) is 0.111. The third-order valence-corrected chi connectivity index (χ3v) is 6.98. The summed E-state index contributed by atoms with van der Waals surface area (Å²) in [6.45, 7) is 0. The molecule has 0 fully saturated rings. The largest absolute Gasteiger partial charge is 0.517 e. The van der Waals surface area contributed by atoms with Crippen LogP contribution in [0.1, 0.15) is 20.7 Å². The number of carbonyl (C=O) groups is 4. The summed E-state index contributed by atoms with van der Waals surface area (Å²) in [6, 6.07) is 5.13. The van der Waals surface area contributed by atoms with Crippen molar-refractivity contribution in [2.24, 2.45) is 0 Å². The normalized spacial score (nSPS) is 12.5. The highest BCUT2D eigenvalue weighted by molar-refractivity contribution is 7.95. The fourth-order valence-electron chi connectivity index (χ4n) is 2.56. The minimum absolute atomic E-state index is 0.000472. The Morgan fingerprint density at radius 1 is 0.639 bits per heavy atom. The summed E-state index contributed by atoms with van der Waals surface area (Å²) < 4.78 is 126. The highest BCUT2D eigenvalue weighted by atomic mass is 32.2. The Bertz CT molecular complexity index is 1330. The van der Waals surface area contributed by atoms with Gasteiger partial charge in [0.1, 0.15) is 12.6 Å². The van der Waals surface area contributed by atoms with Crippen molar-refractivity contribution >= 4 is 55.8 Å². The van der Waals surface area contributed by atoms with Gasteiger partial charge >= 0.3 is 42.9 Å². The Morgan fingerprint density at radius 3 is 1.19 bits per heavy atom. The van der Waals surface area contributed by atoms with Gasteiger partial charge in [-0.1, -0.05) is 24.3 Å². The van der Waals surface area contributed by atoms with Crippen LogP contribution in [0.5, 0.6) is 0 Å². The molecule has 0 aliphatic rings. The van der Waals surface area contributed by atoms with Gasteiger partial charge in [-0.05, 0) is 24.3 Å². The smallest absolute Gasteiger partial charge is 0.298 e. The van der Waals surface area contributed by atoms with E-state index in [9.17, 15) is 62.4 Å². The van der Waals surface area contributed by atoms with Gasteiger partial charge in [-0.2, -0.15) is 51.8 Å². The number of carbonyl (C=O) groups excluding carboxylic acids is 4. The Morgan fingerprint density at radius 2 is 0.944 bits per heavy atom. The Balaban J connectivity index is 2.85. The van der Waals surface area contributed by atoms with Crippen LogP contribution in [0.15, 0.2) is 48.5 Å².